The summed E-state index contributed by atoms with van der Waals surface area (Å²) in [6.07, 6.45) is 4.31. The van der Waals surface area contributed by atoms with E-state index in [9.17, 15) is 13.2 Å². The molecule has 1 aromatic rings. The number of nitrogens with one attached hydrogen (secondary N) is 2. The quantitative estimate of drug-likeness (QED) is 0.736. The molecule has 2 rings (SSSR count). The van der Waals surface area contributed by atoms with E-state index in [1.807, 2.05) is 0 Å². The number of rotatable bonds is 6. The van der Waals surface area contributed by atoms with E-state index >= 15 is 0 Å². The maximum atomic E-state index is 12.4. The summed E-state index contributed by atoms with van der Waals surface area (Å²) in [6, 6.07) is -1.17. The molecule has 0 amide bonds. The fraction of sp³-hybridized carbons (Fsp3) is 0.667. The maximum absolute atomic E-state index is 12.4. The van der Waals surface area contributed by atoms with Crippen molar-refractivity contribution in [1.29, 1.82) is 0 Å². The summed E-state index contributed by atoms with van der Waals surface area (Å²) in [5.74, 6) is -0.490. The largest absolute Gasteiger partial charge is 0.465 e. The van der Waals surface area contributed by atoms with Gasteiger partial charge in [-0.25, -0.2) is 0 Å². The second-order valence-corrected chi connectivity index (χ2v) is 6.55. The first-order chi connectivity index (χ1) is 9.95. The molecule has 0 radical (unpaired) electrons. The third kappa shape index (κ3) is 3.60. The van der Waals surface area contributed by atoms with Gasteiger partial charge in [-0.3, -0.25) is 9.89 Å². The molecule has 2 N–H and O–H groups in total. The van der Waals surface area contributed by atoms with Crippen molar-refractivity contribution in [1.82, 2.24) is 19.2 Å². The summed E-state index contributed by atoms with van der Waals surface area (Å²) < 4.78 is 33.5. The Morgan fingerprint density at radius 3 is 3.05 bits per heavy atom. The summed E-state index contributed by atoms with van der Waals surface area (Å²) in [7, 11) is -3.76. The van der Waals surface area contributed by atoms with Gasteiger partial charge < -0.3 is 4.74 Å². The molecule has 21 heavy (non-hydrogen) atoms. The molecule has 0 spiro atoms. The normalized spacial score (nSPS) is 21.3. The Morgan fingerprint density at radius 2 is 2.43 bits per heavy atom. The number of esters is 1. The van der Waals surface area contributed by atoms with Crippen LogP contribution in [0.1, 0.15) is 38.3 Å². The molecule has 0 aliphatic carbocycles. The molecular formula is C12H20N4O4S. The highest BCUT2D eigenvalue weighted by atomic mass is 32.2. The van der Waals surface area contributed by atoms with E-state index in [4.69, 9.17) is 4.74 Å². The Balaban J connectivity index is 2.09. The minimum atomic E-state index is -3.76. The van der Waals surface area contributed by atoms with Gasteiger partial charge in [0, 0.05) is 24.3 Å². The first kappa shape index (κ1) is 15.9. The van der Waals surface area contributed by atoms with Crippen LogP contribution in [0.3, 0.4) is 0 Å². The highest BCUT2D eigenvalue weighted by Gasteiger charge is 2.40. The van der Waals surface area contributed by atoms with E-state index in [1.165, 1.54) is 4.31 Å². The van der Waals surface area contributed by atoms with Crippen LogP contribution in [0.4, 0.5) is 0 Å². The number of nitrogens with zero attached hydrogens (tertiary/aromatic N) is 2. The van der Waals surface area contributed by atoms with Gasteiger partial charge in [0.05, 0.1) is 12.8 Å². The molecule has 1 saturated heterocycles. The van der Waals surface area contributed by atoms with E-state index < -0.39 is 28.3 Å². The van der Waals surface area contributed by atoms with Crippen molar-refractivity contribution >= 4 is 16.2 Å². The van der Waals surface area contributed by atoms with E-state index in [1.54, 1.807) is 26.2 Å². The van der Waals surface area contributed by atoms with Crippen molar-refractivity contribution < 1.29 is 17.9 Å². The third-order valence-corrected chi connectivity index (χ3v) is 5.12. The highest BCUT2D eigenvalue weighted by Crippen LogP contribution is 2.23. The number of aromatic nitrogens is 2. The van der Waals surface area contributed by atoms with Gasteiger partial charge in [-0.1, -0.05) is 0 Å². The molecular weight excluding hydrogens is 296 g/mol. The Labute approximate surface area is 124 Å². The molecule has 2 heterocycles. The molecule has 9 heteroatoms. The molecule has 118 valence electrons. The van der Waals surface area contributed by atoms with Crippen molar-refractivity contribution in [2.75, 3.05) is 13.2 Å². The van der Waals surface area contributed by atoms with Gasteiger partial charge in [0.1, 0.15) is 6.04 Å². The van der Waals surface area contributed by atoms with Gasteiger partial charge in [-0.05, 0) is 26.7 Å². The second kappa shape index (κ2) is 6.54. The lowest BCUT2D eigenvalue weighted by Gasteiger charge is -2.24. The molecule has 1 aliphatic rings. The number of aromatic amines is 1. The highest BCUT2D eigenvalue weighted by molar-refractivity contribution is 7.87. The van der Waals surface area contributed by atoms with Crippen LogP contribution in [-0.4, -0.2) is 48.1 Å². The molecule has 0 bridgehead atoms. The molecule has 2 unspecified atom stereocenters. The van der Waals surface area contributed by atoms with Gasteiger partial charge in [-0.15, -0.1) is 0 Å². The number of hydrogen-bond acceptors (Lipinski definition) is 5. The number of carbonyl (C=O) groups is 1. The van der Waals surface area contributed by atoms with Crippen molar-refractivity contribution in [3.8, 4) is 0 Å². The van der Waals surface area contributed by atoms with Gasteiger partial charge in [-0.2, -0.15) is 22.5 Å². The van der Waals surface area contributed by atoms with Crippen molar-refractivity contribution in [3.63, 3.8) is 0 Å². The predicted molar refractivity (Wildman–Crippen MR) is 75.4 cm³/mol. The Bertz CT molecular complexity index is 572. The van der Waals surface area contributed by atoms with Gasteiger partial charge in [0.15, 0.2) is 0 Å². The summed E-state index contributed by atoms with van der Waals surface area (Å²) in [4.78, 5) is 11.8. The van der Waals surface area contributed by atoms with Gasteiger partial charge in [0.25, 0.3) is 10.2 Å². The molecule has 1 aliphatic heterocycles. The van der Waals surface area contributed by atoms with Crippen molar-refractivity contribution in [2.24, 2.45) is 0 Å². The number of ether oxygens (including phenoxy) is 1. The lowest BCUT2D eigenvalue weighted by Crippen LogP contribution is -2.47. The number of H-pyrrole nitrogens is 1. The fourth-order valence-corrected chi connectivity index (χ4v) is 3.97. The number of carbonyl (C=O) groups excluding carboxylic acids is 1. The lowest BCUT2D eigenvalue weighted by molar-refractivity contribution is -0.146. The van der Waals surface area contributed by atoms with Crippen LogP contribution in [0, 0.1) is 0 Å². The molecule has 1 aromatic heterocycles. The molecule has 2 atom stereocenters. The van der Waals surface area contributed by atoms with Crippen LogP contribution in [0.2, 0.25) is 0 Å². The van der Waals surface area contributed by atoms with E-state index in [0.717, 1.165) is 5.56 Å². The van der Waals surface area contributed by atoms with E-state index in [-0.39, 0.29) is 6.61 Å². The van der Waals surface area contributed by atoms with Crippen LogP contribution < -0.4 is 4.72 Å². The van der Waals surface area contributed by atoms with Gasteiger partial charge >= 0.3 is 5.97 Å². The molecule has 0 aromatic carbocycles. The first-order valence-corrected chi connectivity index (χ1v) is 8.34. The topological polar surface area (TPSA) is 104 Å². The van der Waals surface area contributed by atoms with E-state index in [2.05, 4.69) is 14.9 Å². The molecule has 1 fully saturated rings. The zero-order valence-electron chi connectivity index (χ0n) is 12.1. The third-order valence-electron chi connectivity index (χ3n) is 3.42. The monoisotopic (exact) mass is 316 g/mol. The van der Waals surface area contributed by atoms with Crippen molar-refractivity contribution in [3.05, 3.63) is 18.0 Å². The molecule has 0 saturated carbocycles. The summed E-state index contributed by atoms with van der Waals surface area (Å²) in [6.45, 7) is 3.97. The second-order valence-electron chi connectivity index (χ2n) is 4.90. The smallest absolute Gasteiger partial charge is 0.324 e. The zero-order valence-corrected chi connectivity index (χ0v) is 12.9. The van der Waals surface area contributed by atoms with Crippen LogP contribution >= 0.6 is 0 Å². The lowest BCUT2D eigenvalue weighted by atomic mass is 10.2. The Hall–Kier alpha value is -1.45. The maximum Gasteiger partial charge on any atom is 0.324 e. The fourth-order valence-electron chi connectivity index (χ4n) is 2.36. The Kier molecular flexibility index (Phi) is 4.96. The minimum absolute atomic E-state index is 0.238. The number of hydrogen-bond donors (Lipinski definition) is 2. The van der Waals surface area contributed by atoms with Crippen molar-refractivity contribution in [2.45, 2.75) is 38.8 Å². The minimum Gasteiger partial charge on any atom is -0.465 e. The SMILES string of the molecule is CCOC(=O)C1CCCN1S(=O)(=O)NC(C)c1cn[nH]c1. The first-order valence-electron chi connectivity index (χ1n) is 6.90. The Morgan fingerprint density at radius 1 is 1.67 bits per heavy atom. The van der Waals surface area contributed by atoms with Crippen LogP contribution in [-0.2, 0) is 19.7 Å². The van der Waals surface area contributed by atoms with E-state index in [0.29, 0.717) is 19.4 Å². The average Bonchev–Trinajstić information content (AvgIpc) is 3.10. The summed E-state index contributed by atoms with van der Waals surface area (Å²) in [5, 5.41) is 6.43. The van der Waals surface area contributed by atoms with Crippen LogP contribution in [0.25, 0.3) is 0 Å². The summed E-state index contributed by atoms with van der Waals surface area (Å²) in [5.41, 5.74) is 0.727. The van der Waals surface area contributed by atoms with Gasteiger partial charge in [0.2, 0.25) is 0 Å². The summed E-state index contributed by atoms with van der Waals surface area (Å²) >= 11 is 0. The van der Waals surface area contributed by atoms with Crippen LogP contribution in [0.5, 0.6) is 0 Å². The van der Waals surface area contributed by atoms with Crippen LogP contribution in [0.15, 0.2) is 12.4 Å². The molecule has 8 nitrogen and oxygen atoms in total. The standard InChI is InChI=1S/C12H20N4O4S/c1-3-20-12(17)11-5-4-6-16(11)21(18,19)15-9(2)10-7-13-14-8-10/h7-9,11,15H,3-6H2,1-2H3,(H,13,14). The zero-order chi connectivity index (χ0) is 15.5. The predicted octanol–water partition coefficient (Wildman–Crippen LogP) is 0.333. The average molecular weight is 316 g/mol.